The van der Waals surface area contributed by atoms with Gasteiger partial charge in [0.2, 0.25) is 0 Å². The Morgan fingerprint density at radius 3 is 2.16 bits per heavy atom. The number of rotatable bonds is 9. The van der Waals surface area contributed by atoms with E-state index in [0.29, 0.717) is 6.42 Å². The van der Waals surface area contributed by atoms with Crippen molar-refractivity contribution in [3.8, 4) is 5.75 Å². The number of halogens is 3. The average Bonchev–Trinajstić information content (AvgIpc) is 2.76. The van der Waals surface area contributed by atoms with Gasteiger partial charge in [-0.1, -0.05) is 30.7 Å². The topological polar surface area (TPSA) is 15.7 Å². The van der Waals surface area contributed by atoms with Crippen LogP contribution in [0.2, 0.25) is 0 Å². The van der Waals surface area contributed by atoms with Gasteiger partial charge in [0.1, 0.15) is 11.9 Å². The maximum atomic E-state index is 12.9. The zero-order chi connectivity index (χ0) is 22.3. The quantitative estimate of drug-likeness (QED) is 0.496. The molecule has 1 unspecified atom stereocenters. The molecule has 3 rings (SSSR count). The van der Waals surface area contributed by atoms with Gasteiger partial charge in [0.15, 0.2) is 0 Å². The molecule has 1 aliphatic heterocycles. The number of hydrogen-bond donors (Lipinski definition) is 0. The van der Waals surface area contributed by atoms with Gasteiger partial charge in [0, 0.05) is 19.5 Å². The van der Waals surface area contributed by atoms with E-state index in [0.717, 1.165) is 43.0 Å². The summed E-state index contributed by atoms with van der Waals surface area (Å²) >= 11 is 0. The second kappa shape index (κ2) is 11.0. The maximum absolute atomic E-state index is 12.9. The Morgan fingerprint density at radius 2 is 1.58 bits per heavy atom. The van der Waals surface area contributed by atoms with E-state index in [4.69, 9.17) is 4.74 Å². The number of ether oxygens (including phenoxy) is 1. The first-order valence-electron chi connectivity index (χ1n) is 11.1. The van der Waals surface area contributed by atoms with Crippen LogP contribution < -0.4 is 4.74 Å². The third-order valence-electron chi connectivity index (χ3n) is 5.82. The lowest BCUT2D eigenvalue weighted by molar-refractivity contribution is -0.137. The van der Waals surface area contributed by atoms with Crippen LogP contribution >= 0.6 is 0 Å². The van der Waals surface area contributed by atoms with Gasteiger partial charge in [0.05, 0.1) is 5.56 Å². The number of benzene rings is 2. The second-order valence-corrected chi connectivity index (χ2v) is 8.61. The van der Waals surface area contributed by atoms with E-state index < -0.39 is 11.7 Å². The summed E-state index contributed by atoms with van der Waals surface area (Å²) in [4.78, 5) is 4.57. The summed E-state index contributed by atoms with van der Waals surface area (Å²) in [6, 6.07) is 13.4. The largest absolute Gasteiger partial charge is 0.486 e. The molecule has 0 N–H and O–H groups in total. The predicted molar refractivity (Wildman–Crippen MR) is 118 cm³/mol. The van der Waals surface area contributed by atoms with Crippen LogP contribution in [-0.2, 0) is 12.6 Å². The molecule has 0 saturated carbocycles. The van der Waals surface area contributed by atoms with Crippen LogP contribution in [0.15, 0.2) is 48.5 Å². The molecule has 3 nitrogen and oxygen atoms in total. The lowest BCUT2D eigenvalue weighted by atomic mass is 10.0. The van der Waals surface area contributed by atoms with E-state index >= 15 is 0 Å². The molecule has 0 aliphatic carbocycles. The Kier molecular flexibility index (Phi) is 8.38. The summed E-state index contributed by atoms with van der Waals surface area (Å²) in [5.41, 5.74) is 1.39. The van der Waals surface area contributed by atoms with Gasteiger partial charge in [-0.3, -0.25) is 0 Å². The summed E-state index contributed by atoms with van der Waals surface area (Å²) in [5.74, 6) is 0.741. The molecule has 0 spiro atoms. The summed E-state index contributed by atoms with van der Waals surface area (Å²) < 4.78 is 44.9. The van der Waals surface area contributed by atoms with E-state index in [1.54, 1.807) is 0 Å². The van der Waals surface area contributed by atoms with Gasteiger partial charge in [-0.05, 0) is 81.8 Å². The van der Waals surface area contributed by atoms with Gasteiger partial charge in [-0.25, -0.2) is 0 Å². The van der Waals surface area contributed by atoms with Crippen LogP contribution in [0, 0.1) is 0 Å². The van der Waals surface area contributed by atoms with E-state index in [2.05, 4.69) is 17.0 Å². The van der Waals surface area contributed by atoms with E-state index in [-0.39, 0.29) is 6.10 Å². The fourth-order valence-corrected chi connectivity index (χ4v) is 3.93. The average molecular weight is 435 g/mol. The van der Waals surface area contributed by atoms with Gasteiger partial charge in [0.25, 0.3) is 0 Å². The van der Waals surface area contributed by atoms with Crippen LogP contribution in [0.25, 0.3) is 0 Å². The minimum absolute atomic E-state index is 0.302. The molecule has 2 aromatic rings. The smallest absolute Gasteiger partial charge is 0.416 e. The van der Waals surface area contributed by atoms with E-state index in [9.17, 15) is 13.2 Å². The van der Waals surface area contributed by atoms with Gasteiger partial charge < -0.3 is 14.5 Å². The number of hydrogen-bond acceptors (Lipinski definition) is 3. The molecule has 1 atom stereocenters. The third-order valence-corrected chi connectivity index (χ3v) is 5.82. The lowest BCUT2D eigenvalue weighted by Gasteiger charge is -2.26. The molecular weight excluding hydrogens is 401 g/mol. The molecule has 31 heavy (non-hydrogen) atoms. The number of piperidine rings is 1. The number of nitrogens with zero attached hydrogens (tertiary/aromatic N) is 2. The normalized spacial score (nSPS) is 16.5. The molecule has 6 heteroatoms. The van der Waals surface area contributed by atoms with Crippen molar-refractivity contribution in [3.63, 3.8) is 0 Å². The first-order valence-corrected chi connectivity index (χ1v) is 11.1. The molecule has 1 aliphatic rings. The number of likely N-dealkylation sites (tertiary alicyclic amines) is 1. The first-order chi connectivity index (χ1) is 14.8. The maximum Gasteiger partial charge on any atom is 0.416 e. The van der Waals surface area contributed by atoms with Crippen molar-refractivity contribution < 1.29 is 17.9 Å². The van der Waals surface area contributed by atoms with Crippen molar-refractivity contribution in [2.24, 2.45) is 0 Å². The highest BCUT2D eigenvalue weighted by Crippen LogP contribution is 2.32. The Bertz CT molecular complexity index is 782. The third kappa shape index (κ3) is 7.54. The summed E-state index contributed by atoms with van der Waals surface area (Å²) in [6.45, 7) is 4.25. The summed E-state index contributed by atoms with van der Waals surface area (Å²) in [7, 11) is 3.95. The molecule has 0 radical (unpaired) electrons. The van der Waals surface area contributed by atoms with Gasteiger partial charge in [-0.15, -0.1) is 0 Å². The Balaban J connectivity index is 1.63. The second-order valence-electron chi connectivity index (χ2n) is 8.61. The summed E-state index contributed by atoms with van der Waals surface area (Å²) in [6.07, 6.45) is 1.01. The molecule has 1 saturated heterocycles. The minimum atomic E-state index is -4.33. The SMILES string of the molecule is CN(C)CCC(Oc1ccc(CCN2CCCCC2)cc1)c1ccc(C(F)(F)F)cc1. The fraction of sp³-hybridized carbons (Fsp3) is 0.520. The minimum Gasteiger partial charge on any atom is -0.486 e. The van der Waals surface area contributed by atoms with Crippen molar-refractivity contribution in [2.75, 3.05) is 40.3 Å². The Labute approximate surface area is 183 Å². The highest BCUT2D eigenvalue weighted by Gasteiger charge is 2.30. The van der Waals surface area contributed by atoms with E-state index in [1.807, 2.05) is 31.1 Å². The predicted octanol–water partition coefficient (Wildman–Crippen LogP) is 5.81. The van der Waals surface area contributed by atoms with Crippen molar-refractivity contribution in [3.05, 3.63) is 65.2 Å². The highest BCUT2D eigenvalue weighted by atomic mass is 19.4. The van der Waals surface area contributed by atoms with Crippen LogP contribution in [0.5, 0.6) is 5.75 Å². The monoisotopic (exact) mass is 434 g/mol. The van der Waals surface area contributed by atoms with Crippen LogP contribution in [-0.4, -0.2) is 50.1 Å². The van der Waals surface area contributed by atoms with Crippen molar-refractivity contribution in [2.45, 2.75) is 44.4 Å². The zero-order valence-electron chi connectivity index (χ0n) is 18.5. The molecule has 0 bridgehead atoms. The van der Waals surface area contributed by atoms with Crippen molar-refractivity contribution in [1.82, 2.24) is 9.80 Å². The van der Waals surface area contributed by atoms with E-state index in [1.165, 1.54) is 50.0 Å². The van der Waals surface area contributed by atoms with Crippen LogP contribution in [0.3, 0.4) is 0 Å². The number of alkyl halides is 3. The zero-order valence-corrected chi connectivity index (χ0v) is 18.5. The molecule has 2 aromatic carbocycles. The van der Waals surface area contributed by atoms with Crippen LogP contribution in [0.4, 0.5) is 13.2 Å². The molecule has 0 amide bonds. The van der Waals surface area contributed by atoms with Crippen molar-refractivity contribution in [1.29, 1.82) is 0 Å². The molecule has 1 heterocycles. The Morgan fingerprint density at radius 1 is 0.935 bits per heavy atom. The molecule has 1 fully saturated rings. The summed E-state index contributed by atoms with van der Waals surface area (Å²) in [5, 5.41) is 0. The first kappa shape index (κ1) is 23.6. The highest BCUT2D eigenvalue weighted by molar-refractivity contribution is 5.30. The fourth-order valence-electron chi connectivity index (χ4n) is 3.93. The van der Waals surface area contributed by atoms with Gasteiger partial charge >= 0.3 is 6.18 Å². The molecule has 170 valence electrons. The lowest BCUT2D eigenvalue weighted by Crippen LogP contribution is -2.31. The Hall–Kier alpha value is -2.05. The molecule has 0 aromatic heterocycles. The standard InChI is InChI=1S/C25H33F3N2O/c1-29(2)18-15-24(21-8-10-22(11-9-21)25(26,27)28)31-23-12-6-20(7-13-23)14-19-30-16-4-3-5-17-30/h6-13,24H,3-5,14-19H2,1-2H3. The van der Waals surface area contributed by atoms with Crippen molar-refractivity contribution >= 4 is 0 Å². The van der Waals surface area contributed by atoms with Gasteiger partial charge in [-0.2, -0.15) is 13.2 Å². The van der Waals surface area contributed by atoms with Crippen LogP contribution in [0.1, 0.15) is 48.5 Å². The molecular formula is C25H33F3N2O.